The number of aromatic nitrogens is 2. The standard InChI is InChI=1S/C17H24N4S/c1-13-12-15(14-6-4-5-7-16(14)22-13)18-17-8-9-21(19-17)11-10-20(2)3/h4-9,13,15H,10-12H2,1-3H3,(H,18,19)/t13-,15-/m1/s1. The van der Waals surface area contributed by atoms with Gasteiger partial charge in [0.25, 0.3) is 0 Å². The lowest BCUT2D eigenvalue weighted by atomic mass is 10.0. The molecule has 2 atom stereocenters. The normalized spacial score (nSPS) is 20.9. The van der Waals surface area contributed by atoms with E-state index >= 15 is 0 Å². The minimum atomic E-state index is 0.352. The number of anilines is 1. The Kier molecular flexibility index (Phi) is 4.74. The van der Waals surface area contributed by atoms with Crippen LogP contribution in [0.3, 0.4) is 0 Å². The van der Waals surface area contributed by atoms with E-state index in [9.17, 15) is 0 Å². The van der Waals surface area contributed by atoms with Crippen molar-refractivity contribution in [1.29, 1.82) is 0 Å². The molecule has 1 aliphatic heterocycles. The Balaban J connectivity index is 1.71. The maximum atomic E-state index is 4.65. The van der Waals surface area contributed by atoms with E-state index in [0.29, 0.717) is 11.3 Å². The number of fused-ring (bicyclic) bond motifs is 1. The molecule has 2 heterocycles. The quantitative estimate of drug-likeness (QED) is 0.915. The Hall–Kier alpha value is -1.46. The number of hydrogen-bond donors (Lipinski definition) is 1. The van der Waals surface area contributed by atoms with E-state index in [1.54, 1.807) is 0 Å². The second-order valence-electron chi connectivity index (χ2n) is 6.17. The minimum absolute atomic E-state index is 0.352. The first-order valence-corrected chi connectivity index (χ1v) is 8.70. The molecule has 1 aliphatic rings. The van der Waals surface area contributed by atoms with E-state index in [1.807, 2.05) is 16.4 Å². The molecule has 22 heavy (non-hydrogen) atoms. The molecule has 1 aromatic carbocycles. The maximum Gasteiger partial charge on any atom is 0.148 e. The lowest BCUT2D eigenvalue weighted by Crippen LogP contribution is -2.21. The molecule has 0 spiro atoms. The number of benzene rings is 1. The zero-order valence-electron chi connectivity index (χ0n) is 13.5. The van der Waals surface area contributed by atoms with Crippen LogP contribution in [0.2, 0.25) is 0 Å². The zero-order valence-corrected chi connectivity index (χ0v) is 14.3. The molecule has 5 heteroatoms. The molecule has 4 nitrogen and oxygen atoms in total. The van der Waals surface area contributed by atoms with Gasteiger partial charge in [-0.3, -0.25) is 4.68 Å². The predicted octanol–water partition coefficient (Wildman–Crippen LogP) is 3.48. The number of hydrogen-bond acceptors (Lipinski definition) is 4. The summed E-state index contributed by atoms with van der Waals surface area (Å²) in [6.45, 7) is 4.22. The largest absolute Gasteiger partial charge is 0.362 e. The summed E-state index contributed by atoms with van der Waals surface area (Å²) in [5.74, 6) is 0.970. The monoisotopic (exact) mass is 316 g/mol. The van der Waals surface area contributed by atoms with Crippen LogP contribution in [0.5, 0.6) is 0 Å². The average molecular weight is 316 g/mol. The highest BCUT2D eigenvalue weighted by Gasteiger charge is 2.25. The summed E-state index contributed by atoms with van der Waals surface area (Å²) < 4.78 is 2.01. The van der Waals surface area contributed by atoms with Crippen LogP contribution in [0.25, 0.3) is 0 Å². The van der Waals surface area contributed by atoms with Gasteiger partial charge in [0, 0.05) is 29.0 Å². The average Bonchev–Trinajstić information content (AvgIpc) is 2.92. The Bertz CT molecular complexity index is 623. The summed E-state index contributed by atoms with van der Waals surface area (Å²) in [5, 5.41) is 8.89. The van der Waals surface area contributed by atoms with Crippen LogP contribution >= 0.6 is 11.8 Å². The molecule has 1 N–H and O–H groups in total. The Labute approximate surface area is 136 Å². The molecule has 0 amide bonds. The summed E-state index contributed by atoms with van der Waals surface area (Å²) in [6, 6.07) is 11.1. The minimum Gasteiger partial charge on any atom is -0.362 e. The van der Waals surface area contributed by atoms with Crippen molar-refractivity contribution in [2.24, 2.45) is 0 Å². The molecule has 118 valence electrons. The third kappa shape index (κ3) is 3.65. The predicted molar refractivity (Wildman–Crippen MR) is 93.5 cm³/mol. The topological polar surface area (TPSA) is 33.1 Å². The van der Waals surface area contributed by atoms with Crippen molar-refractivity contribution in [2.45, 2.75) is 36.1 Å². The van der Waals surface area contributed by atoms with Gasteiger partial charge in [-0.05, 0) is 32.1 Å². The highest BCUT2D eigenvalue weighted by molar-refractivity contribution is 8.00. The van der Waals surface area contributed by atoms with E-state index < -0.39 is 0 Å². The van der Waals surface area contributed by atoms with E-state index in [0.717, 1.165) is 25.3 Å². The number of likely N-dealkylation sites (N-methyl/N-ethyl adjacent to an activating group) is 1. The van der Waals surface area contributed by atoms with Gasteiger partial charge in [0.1, 0.15) is 5.82 Å². The Morgan fingerprint density at radius 2 is 2.14 bits per heavy atom. The summed E-state index contributed by atoms with van der Waals surface area (Å²) in [7, 11) is 4.17. The Morgan fingerprint density at radius 3 is 2.95 bits per heavy atom. The van der Waals surface area contributed by atoms with Crippen molar-refractivity contribution in [3.05, 3.63) is 42.1 Å². The van der Waals surface area contributed by atoms with Crippen molar-refractivity contribution in [1.82, 2.24) is 14.7 Å². The summed E-state index contributed by atoms with van der Waals surface area (Å²) in [5.41, 5.74) is 1.40. The highest BCUT2D eigenvalue weighted by Crippen LogP contribution is 2.41. The first kappa shape index (κ1) is 15.4. The maximum absolute atomic E-state index is 4.65. The molecule has 0 saturated heterocycles. The SMILES string of the molecule is C[C@@H]1C[C@@H](Nc2ccn(CCN(C)C)n2)c2ccccc2S1. The fourth-order valence-electron chi connectivity index (χ4n) is 2.78. The molecule has 2 aromatic rings. The van der Waals surface area contributed by atoms with Gasteiger partial charge in [-0.2, -0.15) is 5.10 Å². The van der Waals surface area contributed by atoms with Crippen LogP contribution < -0.4 is 5.32 Å². The van der Waals surface area contributed by atoms with E-state index in [2.05, 4.69) is 72.9 Å². The van der Waals surface area contributed by atoms with Crippen molar-refractivity contribution in [3.63, 3.8) is 0 Å². The number of nitrogens with zero attached hydrogens (tertiary/aromatic N) is 3. The van der Waals surface area contributed by atoms with Crippen molar-refractivity contribution in [3.8, 4) is 0 Å². The third-order valence-corrected chi connectivity index (χ3v) is 5.15. The van der Waals surface area contributed by atoms with Crippen LogP contribution in [0, 0.1) is 0 Å². The summed E-state index contributed by atoms with van der Waals surface area (Å²) >= 11 is 1.97. The second-order valence-corrected chi connectivity index (χ2v) is 7.65. The van der Waals surface area contributed by atoms with Crippen LogP contribution in [-0.4, -0.2) is 40.6 Å². The van der Waals surface area contributed by atoms with Crippen molar-refractivity contribution in [2.75, 3.05) is 26.0 Å². The molecular formula is C17H24N4S. The fourth-order valence-corrected chi connectivity index (χ4v) is 4.01. The molecule has 0 saturated carbocycles. The van der Waals surface area contributed by atoms with E-state index in [-0.39, 0.29) is 0 Å². The smallest absolute Gasteiger partial charge is 0.148 e. The molecular weight excluding hydrogens is 292 g/mol. The van der Waals surface area contributed by atoms with E-state index in [1.165, 1.54) is 10.5 Å². The lowest BCUT2D eigenvalue weighted by Gasteiger charge is -2.29. The van der Waals surface area contributed by atoms with Gasteiger partial charge < -0.3 is 10.2 Å². The molecule has 0 aliphatic carbocycles. The van der Waals surface area contributed by atoms with Crippen molar-refractivity contribution >= 4 is 17.6 Å². The van der Waals surface area contributed by atoms with Crippen LogP contribution in [-0.2, 0) is 6.54 Å². The molecule has 3 rings (SSSR count). The second kappa shape index (κ2) is 6.75. The van der Waals surface area contributed by atoms with Crippen LogP contribution in [0.1, 0.15) is 24.9 Å². The van der Waals surface area contributed by atoms with Crippen LogP contribution in [0.15, 0.2) is 41.4 Å². The zero-order chi connectivity index (χ0) is 15.5. The highest BCUT2D eigenvalue weighted by atomic mass is 32.2. The molecule has 1 aromatic heterocycles. The Morgan fingerprint density at radius 1 is 1.32 bits per heavy atom. The van der Waals surface area contributed by atoms with Gasteiger partial charge in [-0.15, -0.1) is 11.8 Å². The fraction of sp³-hybridized carbons (Fsp3) is 0.471. The summed E-state index contributed by atoms with van der Waals surface area (Å²) in [4.78, 5) is 3.57. The summed E-state index contributed by atoms with van der Waals surface area (Å²) in [6.07, 6.45) is 3.19. The third-order valence-electron chi connectivity index (χ3n) is 3.93. The van der Waals surface area contributed by atoms with Gasteiger partial charge in [0.05, 0.1) is 12.6 Å². The first-order valence-electron chi connectivity index (χ1n) is 7.82. The number of nitrogens with one attached hydrogen (secondary N) is 1. The lowest BCUT2D eigenvalue weighted by molar-refractivity contribution is 0.373. The van der Waals surface area contributed by atoms with Gasteiger partial charge >= 0.3 is 0 Å². The molecule has 0 fully saturated rings. The van der Waals surface area contributed by atoms with Gasteiger partial charge in [0.2, 0.25) is 0 Å². The molecule has 0 unspecified atom stereocenters. The number of rotatable bonds is 5. The van der Waals surface area contributed by atoms with Gasteiger partial charge in [0.15, 0.2) is 0 Å². The molecule has 0 bridgehead atoms. The van der Waals surface area contributed by atoms with Gasteiger partial charge in [-0.25, -0.2) is 0 Å². The number of thioether (sulfide) groups is 1. The van der Waals surface area contributed by atoms with E-state index in [4.69, 9.17) is 0 Å². The van der Waals surface area contributed by atoms with Crippen molar-refractivity contribution < 1.29 is 0 Å². The van der Waals surface area contributed by atoms with Gasteiger partial charge in [-0.1, -0.05) is 25.1 Å². The molecule has 0 radical (unpaired) electrons. The van der Waals surface area contributed by atoms with Crippen LogP contribution in [0.4, 0.5) is 5.82 Å². The first-order chi connectivity index (χ1) is 10.6.